The van der Waals surface area contributed by atoms with Gasteiger partial charge in [0, 0.05) is 48.4 Å². The zero-order chi connectivity index (χ0) is 76.0. The average Bonchev–Trinajstić information content (AvgIpc) is 0.791. The number of esters is 1. The summed E-state index contributed by atoms with van der Waals surface area (Å²) in [5, 5.41) is 42.4. The monoisotopic (exact) mass is 1670 g/mol. The number of primary amides is 3. The summed E-state index contributed by atoms with van der Waals surface area (Å²) >= 11 is 21.5. The number of ether oxygens (including phenoxy) is 5. The summed E-state index contributed by atoms with van der Waals surface area (Å²) in [5.74, 6) is -14.5. The Kier molecular flexibility index (Phi) is 54.0. The van der Waals surface area contributed by atoms with E-state index in [9.17, 15) is 55.8 Å². The van der Waals surface area contributed by atoms with Gasteiger partial charge in [0.1, 0.15) is 46.6 Å². The van der Waals surface area contributed by atoms with Gasteiger partial charge < -0.3 is 77.7 Å². The van der Waals surface area contributed by atoms with Crippen molar-refractivity contribution in [1.29, 1.82) is 0 Å². The van der Waals surface area contributed by atoms with Crippen LogP contribution in [0.2, 0.25) is 15.1 Å². The number of hydrogen-bond acceptors (Lipinski definition) is 16. The molecule has 7 aromatic rings. The number of rotatable bonds is 27. The van der Waals surface area contributed by atoms with Crippen LogP contribution < -0.4 is 57.3 Å². The first-order chi connectivity index (χ1) is 47.5. The normalized spacial score (nSPS) is 11.4. The highest BCUT2D eigenvalue weighted by Crippen LogP contribution is 2.33. The van der Waals surface area contributed by atoms with Crippen molar-refractivity contribution < 1.29 is 94.8 Å². The van der Waals surface area contributed by atoms with Gasteiger partial charge in [0.15, 0.2) is 0 Å². The van der Waals surface area contributed by atoms with Crippen molar-refractivity contribution >= 4 is 98.6 Å². The molecule has 0 bridgehead atoms. The van der Waals surface area contributed by atoms with Crippen molar-refractivity contribution in [3.05, 3.63) is 205 Å². The fourth-order valence-corrected chi connectivity index (χ4v) is 8.75. The molecule has 0 spiro atoms. The minimum Gasteiger partial charge on any atom is -0.508 e. The van der Waals surface area contributed by atoms with Crippen LogP contribution >= 0.6 is 63.1 Å². The fraction of sp³-hybridized carbons (Fsp3) is 0.377. The van der Waals surface area contributed by atoms with Gasteiger partial charge in [-0.1, -0.05) is 146 Å². The Hall–Kier alpha value is -8.67. The number of aliphatic hydroxyl groups is 2. The molecule has 7 aromatic carbocycles. The van der Waals surface area contributed by atoms with Crippen molar-refractivity contribution in [2.24, 2.45) is 34.8 Å². The van der Waals surface area contributed by atoms with E-state index in [1.165, 1.54) is 30.3 Å². The molecule has 0 unspecified atom stereocenters. The first kappa shape index (κ1) is 108. The molecule has 21 nitrogen and oxygen atoms in total. The summed E-state index contributed by atoms with van der Waals surface area (Å²) < 4.78 is 92.5. The van der Waals surface area contributed by atoms with Crippen LogP contribution in [-0.2, 0) is 33.6 Å². The van der Waals surface area contributed by atoms with E-state index in [1.54, 1.807) is 98.8 Å². The molecule has 14 N–H and O–H groups in total. The van der Waals surface area contributed by atoms with Gasteiger partial charge in [-0.25, -0.2) is 18.0 Å². The summed E-state index contributed by atoms with van der Waals surface area (Å²) in [4.78, 5) is 71.2. The highest BCUT2D eigenvalue weighted by atomic mass is 79.9. The van der Waals surface area contributed by atoms with Gasteiger partial charge in [-0.3, -0.25) is 24.0 Å². The van der Waals surface area contributed by atoms with Gasteiger partial charge in [0.2, 0.25) is 52.6 Å². The molecule has 604 valence electrons. The first-order valence-electron chi connectivity index (χ1n) is 30.9. The molecule has 5 amide bonds. The molecular weight excluding hydrogens is 1570 g/mol. The molecule has 7 rings (SSSR count). The van der Waals surface area contributed by atoms with Gasteiger partial charge in [-0.15, -0.1) is 12.4 Å². The third-order valence-corrected chi connectivity index (χ3v) is 15.2. The number of alkyl halides is 1. The number of amides is 5. The molecule has 0 aliphatic carbocycles. The van der Waals surface area contributed by atoms with Crippen LogP contribution in [0.25, 0.3) is 0 Å². The summed E-state index contributed by atoms with van der Waals surface area (Å²) in [6.45, 7) is 15.6. The van der Waals surface area contributed by atoms with Crippen molar-refractivity contribution in [3.63, 3.8) is 0 Å². The summed E-state index contributed by atoms with van der Waals surface area (Å²) in [6, 6.07) is 30.4. The Bertz CT molecular complexity index is 3840. The van der Waals surface area contributed by atoms with E-state index in [0.29, 0.717) is 57.4 Å². The van der Waals surface area contributed by atoms with Gasteiger partial charge in [0.25, 0.3) is 11.8 Å². The molecule has 0 saturated carbocycles. The van der Waals surface area contributed by atoms with Crippen molar-refractivity contribution in [3.8, 4) is 40.2 Å². The number of phenols is 2. The Morgan fingerprint density at radius 2 is 0.778 bits per heavy atom. The molecule has 31 heteroatoms. The second-order valence-electron chi connectivity index (χ2n) is 23.2. The molecule has 0 radical (unpaired) electrons. The molecule has 0 aliphatic heterocycles. The largest absolute Gasteiger partial charge is 0.508 e. The van der Waals surface area contributed by atoms with Crippen LogP contribution in [0.5, 0.6) is 40.2 Å². The number of aliphatic hydroxyl groups excluding tert-OH is 2. The summed E-state index contributed by atoms with van der Waals surface area (Å²) in [5.41, 5.74) is 24.1. The minimum absolute atomic E-state index is 0. The average molecular weight is 1670 g/mol. The van der Waals surface area contributed by atoms with Crippen LogP contribution in [0.3, 0.4) is 0 Å². The Morgan fingerprint density at radius 1 is 0.463 bits per heavy atom. The molecule has 0 aliphatic rings. The maximum Gasteiger partial charge on any atom is 0.343 e. The predicted molar refractivity (Wildman–Crippen MR) is 424 cm³/mol. The van der Waals surface area contributed by atoms with Crippen LogP contribution in [0.15, 0.2) is 127 Å². The van der Waals surface area contributed by atoms with E-state index in [4.69, 9.17) is 92.0 Å². The number of carbonyl (C=O) groups is 6. The predicted octanol–water partition coefficient (Wildman–Crippen LogP) is 15.7. The zero-order valence-corrected chi connectivity index (χ0v) is 61.3. The van der Waals surface area contributed by atoms with Crippen molar-refractivity contribution in [2.45, 2.75) is 156 Å². The minimum atomic E-state index is -2.35. The van der Waals surface area contributed by atoms with E-state index < -0.39 is 88.5 Å². The number of nitrogens with two attached hydrogens (primary N) is 4. The fourth-order valence-electron chi connectivity index (χ4n) is 7.87. The number of benzene rings is 7. The number of nitrogens with one attached hydrogen (secondary N) is 2. The quantitative estimate of drug-likeness (QED) is 0.00571. The number of aromatic hydroxyl groups is 2. The maximum absolute atomic E-state index is 13.5. The van der Waals surface area contributed by atoms with Crippen LogP contribution in [0, 0.1) is 40.9 Å². The molecule has 5 atom stereocenters. The molecule has 108 heavy (non-hydrogen) atoms. The second-order valence-corrected chi connectivity index (χ2v) is 25.1. The lowest BCUT2D eigenvalue weighted by atomic mass is 10.0. The third kappa shape index (κ3) is 37.4. The standard InChI is InChI=1S/C23H29ClN2O5.C19H21ClN2O4.C16H10ClF5O3.C9H12N2O2.C4H9BrO.6CH4.ClH/c1-14(2)31-21-9-6-17(11-19(21)24)23(29)26-20(22(25)28)10-16-4-7-18(8-5-16)30-13-15(3)12-27;1-11(2)26-17-8-5-13(10-15(17)20)19(25)22-16(18(21)24)9-12-3-6-14(23)7-4-12;1-6(2)24-9-4-3-7(5-8(9)17)16(23)25-15-13(21)11(19)10(18)12(20)14(15)22;10-8(9(11)13)5-6-1-3-7(12)4-2-6;1-4(2-5)3-6;;;;;;;/h4-9,11,14-15,20,27H,10,12-13H2,1-3H3,(H2,25,28)(H,26,29);3-8,10-11,16,23H,9H2,1-2H3,(H2,21,24)(H,22,25);3-6H,1-2H3;1-4,8,12H,5,10H2,(H2,11,13);4,6H,2-3H2,1H3;6*1H4;1H/t15-,20-;16-;;8-;4-;;;;;;;/m00.01......./s1. The third-order valence-electron chi connectivity index (χ3n) is 13.2. The lowest BCUT2D eigenvalue weighted by Gasteiger charge is -2.17. The number of halogens is 10. The zero-order valence-electron chi connectivity index (χ0n) is 56.6. The van der Waals surface area contributed by atoms with Crippen LogP contribution in [-0.4, -0.2) is 118 Å². The highest BCUT2D eigenvalue weighted by molar-refractivity contribution is 9.09. The SMILES string of the molecule is C.C.C.C.C.C.CC(C)Oc1ccc(C(=O)N[C@@H](Cc2ccc(O)cc2)C(N)=O)cc1Cl.CC(C)Oc1ccc(C(=O)N[C@@H](Cc2ccc(OC[C@@H](C)CO)cc2)C(N)=O)cc1Cl.CC(C)Oc1ccc(C(=O)Oc2c(F)c(F)c(F)c(F)c2F)cc1Cl.C[C@@H](CO)CBr.Cl.NC(=O)[C@@H](N)Cc1ccc(O)cc1. The maximum atomic E-state index is 13.5. The number of hydrogen-bond donors (Lipinski definition) is 10. The van der Waals surface area contributed by atoms with Gasteiger partial charge in [-0.05, 0) is 162 Å². The van der Waals surface area contributed by atoms with Gasteiger partial charge in [-0.2, -0.15) is 8.78 Å². The van der Waals surface area contributed by atoms with E-state index in [1.807, 2.05) is 41.5 Å². The lowest BCUT2D eigenvalue weighted by molar-refractivity contribution is -0.120. The topological polar surface area (TPSA) is 358 Å². The van der Waals surface area contributed by atoms with E-state index in [0.717, 1.165) is 34.2 Å². The Labute approximate surface area is 661 Å². The highest BCUT2D eigenvalue weighted by Gasteiger charge is 2.30. The Balaban J connectivity index is -0.000000427. The van der Waals surface area contributed by atoms with Gasteiger partial charge in [0.05, 0.1) is 51.6 Å². The second kappa shape index (κ2) is 54.0. The Morgan fingerprint density at radius 3 is 1.07 bits per heavy atom. The first-order valence-corrected chi connectivity index (χ1v) is 33.2. The smallest absolute Gasteiger partial charge is 0.343 e. The lowest BCUT2D eigenvalue weighted by Crippen LogP contribution is -2.45. The van der Waals surface area contributed by atoms with Gasteiger partial charge >= 0.3 is 5.97 Å². The number of carbonyl (C=O) groups excluding carboxylic acids is 6. The molecule has 0 aromatic heterocycles. The molecular formula is C77H106BrCl4F5N6O15. The molecule has 0 saturated heterocycles. The molecule has 0 heterocycles. The van der Waals surface area contributed by atoms with Crippen molar-refractivity contribution in [1.82, 2.24) is 10.6 Å². The summed E-state index contributed by atoms with van der Waals surface area (Å²) in [7, 11) is 0. The van der Waals surface area contributed by atoms with Crippen molar-refractivity contribution in [2.75, 3.05) is 25.2 Å². The van der Waals surface area contributed by atoms with E-state index in [-0.39, 0.29) is 135 Å². The van der Waals surface area contributed by atoms with Crippen LogP contribution in [0.4, 0.5) is 22.0 Å². The van der Waals surface area contributed by atoms with Crippen LogP contribution in [0.1, 0.15) is 148 Å². The summed E-state index contributed by atoms with van der Waals surface area (Å²) in [6.07, 6.45) is 0.544. The molecule has 0 fully saturated rings. The van der Waals surface area contributed by atoms with E-state index in [2.05, 4.69) is 31.3 Å². The van der Waals surface area contributed by atoms with E-state index >= 15 is 0 Å². The number of phenolic OH excluding ortho intramolecular Hbond substituents is 2.